The predicted molar refractivity (Wildman–Crippen MR) is 320 cm³/mol. The molecule has 0 spiro atoms. The van der Waals surface area contributed by atoms with E-state index in [1.54, 1.807) is 0 Å². The number of carbonyl (C=O) groups excluding carboxylic acids is 3. The molecule has 1 unspecified atom stereocenters. The first-order valence-corrected chi connectivity index (χ1v) is 31.2. The molecule has 0 saturated carbocycles. The molecular weight excluding hydrogens is 913 g/mol. The molecule has 424 valence electrons. The molecule has 0 bridgehead atoms. The molecule has 0 radical (unpaired) electrons. The van der Waals surface area contributed by atoms with Gasteiger partial charge in [-0.3, -0.25) is 14.4 Å². The zero-order valence-corrected chi connectivity index (χ0v) is 48.6. The Kier molecular flexibility index (Phi) is 58.8. The van der Waals surface area contributed by atoms with Crippen LogP contribution < -0.4 is 0 Å². The summed E-state index contributed by atoms with van der Waals surface area (Å²) in [5.41, 5.74) is 0. The molecule has 0 saturated heterocycles. The van der Waals surface area contributed by atoms with E-state index in [1.807, 2.05) is 0 Å². The molecule has 6 heteroatoms. The van der Waals surface area contributed by atoms with Crippen molar-refractivity contribution in [1.82, 2.24) is 0 Å². The average Bonchev–Trinajstić information content (AvgIpc) is 3.40. The lowest BCUT2D eigenvalue weighted by Crippen LogP contribution is -2.30. The van der Waals surface area contributed by atoms with Crippen LogP contribution in [0.1, 0.15) is 297 Å². The molecule has 0 aliphatic rings. The van der Waals surface area contributed by atoms with E-state index < -0.39 is 6.10 Å². The third-order valence-electron chi connectivity index (χ3n) is 13.3. The summed E-state index contributed by atoms with van der Waals surface area (Å²) in [5, 5.41) is 0. The van der Waals surface area contributed by atoms with Gasteiger partial charge in [-0.1, -0.05) is 272 Å². The summed E-state index contributed by atoms with van der Waals surface area (Å²) in [7, 11) is 0. The number of rotatable bonds is 56. The maximum Gasteiger partial charge on any atom is 0.306 e. The maximum absolute atomic E-state index is 12.9. The van der Waals surface area contributed by atoms with Crippen LogP contribution in [0.5, 0.6) is 0 Å². The smallest absolute Gasteiger partial charge is 0.306 e. The standard InChI is InChI=1S/C68H116O6/c1-4-7-10-13-16-19-22-24-26-28-29-30-31-32-33-34-35-36-37-38-39-40-42-43-46-49-52-55-58-61-67(70)73-64-65(63-72-66(69)60-57-54-51-48-45-21-18-15-12-9-6-3)74-68(71)62-59-56-53-50-47-44-41-27-25-23-20-17-14-11-8-5-2/h7,10,16,19,24,26-27,29-30,32-33,35-36,38-39,41,65H,4-6,8-9,11-15,17-18,20-23,25,28,31,34,37,40,42-64H2,1-3H3/b10-7-,19-16-,26-24-,30-29-,33-32-,36-35-,39-38-,41-27-. The Labute approximate surface area is 457 Å². The Morgan fingerprint density at radius 1 is 0.284 bits per heavy atom. The van der Waals surface area contributed by atoms with Crippen LogP contribution in [0.4, 0.5) is 0 Å². The highest BCUT2D eigenvalue weighted by atomic mass is 16.6. The molecular formula is C68H116O6. The van der Waals surface area contributed by atoms with E-state index in [2.05, 4.69) is 118 Å². The van der Waals surface area contributed by atoms with Crippen LogP contribution in [0.3, 0.4) is 0 Å². The Bertz CT molecular complexity index is 1460. The van der Waals surface area contributed by atoms with Gasteiger partial charge in [0, 0.05) is 19.3 Å². The fraction of sp³-hybridized carbons (Fsp3) is 0.721. The van der Waals surface area contributed by atoms with E-state index in [0.29, 0.717) is 19.3 Å². The van der Waals surface area contributed by atoms with Gasteiger partial charge in [-0.2, -0.15) is 0 Å². The van der Waals surface area contributed by atoms with Gasteiger partial charge in [0.2, 0.25) is 0 Å². The number of hydrogen-bond acceptors (Lipinski definition) is 6. The van der Waals surface area contributed by atoms with Crippen LogP contribution >= 0.6 is 0 Å². The van der Waals surface area contributed by atoms with Gasteiger partial charge >= 0.3 is 17.9 Å². The number of esters is 3. The first kappa shape index (κ1) is 70.3. The highest BCUT2D eigenvalue weighted by molar-refractivity contribution is 5.71. The number of carbonyl (C=O) groups is 3. The van der Waals surface area contributed by atoms with Crippen molar-refractivity contribution < 1.29 is 28.6 Å². The van der Waals surface area contributed by atoms with Crippen LogP contribution in [-0.2, 0) is 28.6 Å². The van der Waals surface area contributed by atoms with Crippen molar-refractivity contribution in [2.24, 2.45) is 0 Å². The fourth-order valence-corrected chi connectivity index (χ4v) is 8.65. The highest BCUT2D eigenvalue weighted by Gasteiger charge is 2.19. The molecule has 0 fully saturated rings. The Morgan fingerprint density at radius 3 is 0.838 bits per heavy atom. The van der Waals surface area contributed by atoms with Crippen molar-refractivity contribution in [3.8, 4) is 0 Å². The quantitative estimate of drug-likeness (QED) is 0.0261. The monoisotopic (exact) mass is 1030 g/mol. The molecule has 0 aliphatic carbocycles. The van der Waals surface area contributed by atoms with E-state index >= 15 is 0 Å². The van der Waals surface area contributed by atoms with Crippen LogP contribution in [0, 0.1) is 0 Å². The van der Waals surface area contributed by atoms with Gasteiger partial charge in [-0.15, -0.1) is 0 Å². The fourth-order valence-electron chi connectivity index (χ4n) is 8.65. The molecule has 0 heterocycles. The van der Waals surface area contributed by atoms with Crippen molar-refractivity contribution in [2.45, 2.75) is 303 Å². The van der Waals surface area contributed by atoms with E-state index in [0.717, 1.165) is 122 Å². The molecule has 0 aromatic rings. The van der Waals surface area contributed by atoms with Crippen molar-refractivity contribution in [1.29, 1.82) is 0 Å². The predicted octanol–water partition coefficient (Wildman–Crippen LogP) is 21.3. The second-order valence-electron chi connectivity index (χ2n) is 20.6. The summed E-state index contributed by atoms with van der Waals surface area (Å²) in [6.45, 7) is 6.52. The number of unbranched alkanes of at least 4 members (excludes halogenated alkanes) is 29. The SMILES string of the molecule is CC/C=C\C/C=C\C/C=C\C/C=C\C/C=C\C/C=C\C/C=C\CCCCCCCCCC(=O)OCC(COC(=O)CCCCCCCCCCCCC)OC(=O)CCCCCCC/C=C\CCCCCCCCC. The Balaban J connectivity index is 4.29. The second-order valence-corrected chi connectivity index (χ2v) is 20.6. The third kappa shape index (κ3) is 59.2. The zero-order valence-electron chi connectivity index (χ0n) is 48.6. The molecule has 0 aromatic heterocycles. The van der Waals surface area contributed by atoms with Gasteiger partial charge in [0.1, 0.15) is 13.2 Å². The van der Waals surface area contributed by atoms with Gasteiger partial charge in [0.05, 0.1) is 0 Å². The summed E-state index contributed by atoms with van der Waals surface area (Å²) < 4.78 is 16.9. The van der Waals surface area contributed by atoms with E-state index in [9.17, 15) is 14.4 Å². The first-order chi connectivity index (χ1) is 36.5. The maximum atomic E-state index is 12.9. The number of hydrogen-bond donors (Lipinski definition) is 0. The molecule has 0 N–H and O–H groups in total. The van der Waals surface area contributed by atoms with E-state index in [1.165, 1.54) is 135 Å². The van der Waals surface area contributed by atoms with Gasteiger partial charge in [-0.25, -0.2) is 0 Å². The summed E-state index contributed by atoms with van der Waals surface area (Å²) in [6, 6.07) is 0. The van der Waals surface area contributed by atoms with E-state index in [-0.39, 0.29) is 31.1 Å². The molecule has 0 aliphatic heterocycles. The second kappa shape index (κ2) is 61.9. The largest absolute Gasteiger partial charge is 0.462 e. The first-order valence-electron chi connectivity index (χ1n) is 31.2. The molecule has 0 amide bonds. The Morgan fingerprint density at radius 2 is 0.527 bits per heavy atom. The molecule has 0 aromatic carbocycles. The van der Waals surface area contributed by atoms with Crippen molar-refractivity contribution in [2.75, 3.05) is 13.2 Å². The van der Waals surface area contributed by atoms with Crippen LogP contribution in [0.15, 0.2) is 97.2 Å². The van der Waals surface area contributed by atoms with Gasteiger partial charge in [0.25, 0.3) is 0 Å². The van der Waals surface area contributed by atoms with Crippen molar-refractivity contribution >= 4 is 17.9 Å². The molecule has 0 rings (SSSR count). The van der Waals surface area contributed by atoms with Crippen LogP contribution in [0.25, 0.3) is 0 Å². The van der Waals surface area contributed by atoms with Crippen LogP contribution in [-0.4, -0.2) is 37.2 Å². The number of allylic oxidation sites excluding steroid dienone is 16. The Hall–Kier alpha value is -3.67. The molecule has 74 heavy (non-hydrogen) atoms. The van der Waals surface area contributed by atoms with Gasteiger partial charge in [0.15, 0.2) is 6.10 Å². The van der Waals surface area contributed by atoms with Gasteiger partial charge in [-0.05, 0) is 103 Å². The summed E-state index contributed by atoms with van der Waals surface area (Å²) >= 11 is 0. The lowest BCUT2D eigenvalue weighted by atomic mass is 10.1. The van der Waals surface area contributed by atoms with Crippen molar-refractivity contribution in [3.63, 3.8) is 0 Å². The summed E-state index contributed by atoms with van der Waals surface area (Å²) in [6.07, 6.45) is 82.7. The minimum atomic E-state index is -0.785. The topological polar surface area (TPSA) is 78.9 Å². The molecule has 1 atom stereocenters. The van der Waals surface area contributed by atoms with Crippen LogP contribution in [0.2, 0.25) is 0 Å². The lowest BCUT2D eigenvalue weighted by Gasteiger charge is -2.18. The van der Waals surface area contributed by atoms with Crippen molar-refractivity contribution in [3.05, 3.63) is 97.2 Å². The van der Waals surface area contributed by atoms with E-state index in [4.69, 9.17) is 14.2 Å². The zero-order chi connectivity index (χ0) is 53.6. The lowest BCUT2D eigenvalue weighted by molar-refractivity contribution is -0.167. The molecule has 6 nitrogen and oxygen atoms in total. The minimum Gasteiger partial charge on any atom is -0.462 e. The number of ether oxygens (including phenoxy) is 3. The average molecular weight is 1030 g/mol. The summed E-state index contributed by atoms with van der Waals surface area (Å²) in [5.74, 6) is -0.895. The normalized spacial score (nSPS) is 12.7. The highest BCUT2D eigenvalue weighted by Crippen LogP contribution is 2.15. The van der Waals surface area contributed by atoms with Gasteiger partial charge < -0.3 is 14.2 Å². The third-order valence-corrected chi connectivity index (χ3v) is 13.3. The summed E-state index contributed by atoms with van der Waals surface area (Å²) in [4.78, 5) is 38.2. The minimum absolute atomic E-state index is 0.0817.